The molecule has 6 rings (SSSR count). The van der Waals surface area contributed by atoms with Gasteiger partial charge in [-0.1, -0.05) is 67.8 Å². The second kappa shape index (κ2) is 6.88. The van der Waals surface area contributed by atoms with Gasteiger partial charge in [-0.15, -0.1) is 0 Å². The van der Waals surface area contributed by atoms with Crippen LogP contribution in [0.4, 0.5) is 5.69 Å². The van der Waals surface area contributed by atoms with Crippen LogP contribution in [0.1, 0.15) is 59.2 Å². The van der Waals surface area contributed by atoms with E-state index in [1.54, 1.807) is 0 Å². The molecule has 31 heavy (non-hydrogen) atoms. The van der Waals surface area contributed by atoms with Gasteiger partial charge in [-0.3, -0.25) is 0 Å². The fraction of sp³-hybridized carbons (Fsp3) is 0.296. The summed E-state index contributed by atoms with van der Waals surface area (Å²) in [6, 6.07) is 22.4. The van der Waals surface area contributed by atoms with Gasteiger partial charge in [0.15, 0.2) is 5.60 Å². The van der Waals surface area contributed by atoms with E-state index in [-0.39, 0.29) is 5.97 Å². The summed E-state index contributed by atoms with van der Waals surface area (Å²) in [4.78, 5) is 15.8. The fourth-order valence-electron chi connectivity index (χ4n) is 5.61. The summed E-state index contributed by atoms with van der Waals surface area (Å²) < 4.78 is 12.5. The molecule has 0 saturated heterocycles. The van der Waals surface area contributed by atoms with E-state index in [4.69, 9.17) is 9.47 Å². The minimum atomic E-state index is -0.985. The number of fused-ring (bicyclic) bond motifs is 6. The van der Waals surface area contributed by atoms with E-state index in [0.29, 0.717) is 11.6 Å². The molecular formula is C27H25NO3. The lowest BCUT2D eigenvalue weighted by atomic mass is 9.77. The molecule has 1 fully saturated rings. The number of carbonyl (C=O) groups excluding carboxylic acids is 1. The lowest BCUT2D eigenvalue weighted by Crippen LogP contribution is -2.34. The van der Waals surface area contributed by atoms with Gasteiger partial charge in [0.25, 0.3) is 0 Å². The fourth-order valence-corrected chi connectivity index (χ4v) is 5.61. The van der Waals surface area contributed by atoms with Crippen molar-refractivity contribution in [1.29, 1.82) is 0 Å². The lowest BCUT2D eigenvalue weighted by molar-refractivity contribution is 0.0224. The Kier molecular flexibility index (Phi) is 4.10. The summed E-state index contributed by atoms with van der Waals surface area (Å²) in [5.74, 6) is 1.19. The molecule has 0 bridgehead atoms. The maximum Gasteiger partial charge on any atom is 0.342 e. The molecule has 3 aliphatic rings. The van der Waals surface area contributed by atoms with Gasteiger partial charge in [0, 0.05) is 29.8 Å². The Balaban J connectivity index is 1.58. The predicted octanol–water partition coefficient (Wildman–Crippen LogP) is 6.02. The summed E-state index contributed by atoms with van der Waals surface area (Å²) >= 11 is 0. The number of rotatable bonds is 2. The number of para-hydroxylation sites is 2. The van der Waals surface area contributed by atoms with Gasteiger partial charge in [0.1, 0.15) is 11.5 Å². The SMILES string of the molecule is CN(c1cccc2c1C(=O)OC21c2ccccc2Oc2ccccc21)C1CCCCC1. The maximum atomic E-state index is 13.5. The van der Waals surface area contributed by atoms with Crippen LogP contribution in [0.3, 0.4) is 0 Å². The Morgan fingerprint density at radius 2 is 1.42 bits per heavy atom. The number of esters is 1. The number of hydrogen-bond donors (Lipinski definition) is 0. The molecule has 1 saturated carbocycles. The summed E-state index contributed by atoms with van der Waals surface area (Å²) in [7, 11) is 2.12. The van der Waals surface area contributed by atoms with Crippen LogP contribution in [0.2, 0.25) is 0 Å². The van der Waals surface area contributed by atoms with Crippen LogP contribution < -0.4 is 9.64 Å². The first-order chi connectivity index (χ1) is 15.2. The highest BCUT2D eigenvalue weighted by molar-refractivity contribution is 6.02. The van der Waals surface area contributed by atoms with Crippen LogP contribution in [-0.4, -0.2) is 19.1 Å². The molecule has 3 aromatic carbocycles. The topological polar surface area (TPSA) is 38.8 Å². The molecule has 156 valence electrons. The standard InChI is InChI=1S/C27H25NO3/c1-28(18-10-3-2-4-11-18)22-15-9-14-21-25(22)26(29)31-27(21)19-12-5-7-16-23(19)30-24-17-8-6-13-20(24)27/h5-9,12-18H,2-4,10-11H2,1H3. The monoisotopic (exact) mass is 411 g/mol. The van der Waals surface area contributed by atoms with Crippen molar-refractivity contribution in [2.75, 3.05) is 11.9 Å². The number of anilines is 1. The van der Waals surface area contributed by atoms with E-state index < -0.39 is 5.60 Å². The zero-order chi connectivity index (χ0) is 21.0. The summed E-state index contributed by atoms with van der Waals surface area (Å²) in [5, 5.41) is 0. The molecule has 4 heteroatoms. The first-order valence-electron chi connectivity index (χ1n) is 11.2. The van der Waals surface area contributed by atoms with Gasteiger partial charge < -0.3 is 14.4 Å². The van der Waals surface area contributed by atoms with Crippen molar-refractivity contribution in [3.05, 3.63) is 89.0 Å². The third-order valence-corrected chi connectivity index (χ3v) is 7.13. The van der Waals surface area contributed by atoms with Crippen molar-refractivity contribution in [2.24, 2.45) is 0 Å². The molecule has 0 radical (unpaired) electrons. The Morgan fingerprint density at radius 3 is 2.10 bits per heavy atom. The molecule has 2 heterocycles. The van der Waals surface area contributed by atoms with Gasteiger partial charge in [-0.2, -0.15) is 0 Å². The Bertz CT molecular complexity index is 1130. The zero-order valence-electron chi connectivity index (χ0n) is 17.6. The van der Waals surface area contributed by atoms with Crippen LogP contribution in [0.5, 0.6) is 11.5 Å². The van der Waals surface area contributed by atoms with Crippen molar-refractivity contribution in [2.45, 2.75) is 43.7 Å². The van der Waals surface area contributed by atoms with E-state index in [1.165, 1.54) is 32.1 Å². The normalized spacial score (nSPS) is 18.5. The number of benzene rings is 3. The van der Waals surface area contributed by atoms with Crippen molar-refractivity contribution in [1.82, 2.24) is 0 Å². The molecule has 0 aromatic heterocycles. The van der Waals surface area contributed by atoms with Crippen LogP contribution in [0, 0.1) is 0 Å². The Labute approximate surface area is 182 Å². The van der Waals surface area contributed by atoms with Crippen molar-refractivity contribution < 1.29 is 14.3 Å². The third kappa shape index (κ3) is 2.57. The number of carbonyl (C=O) groups is 1. The quantitative estimate of drug-likeness (QED) is 0.483. The summed E-state index contributed by atoms with van der Waals surface area (Å²) in [5.41, 5.74) is 3.31. The molecule has 0 N–H and O–H groups in total. The average molecular weight is 412 g/mol. The lowest BCUT2D eigenvalue weighted by Gasteiger charge is -2.36. The van der Waals surface area contributed by atoms with Crippen LogP contribution >= 0.6 is 0 Å². The highest BCUT2D eigenvalue weighted by Crippen LogP contribution is 2.57. The summed E-state index contributed by atoms with van der Waals surface area (Å²) in [6.07, 6.45) is 6.13. The van der Waals surface area contributed by atoms with Crippen LogP contribution in [0.15, 0.2) is 66.7 Å². The highest BCUT2D eigenvalue weighted by atomic mass is 16.6. The van der Waals surface area contributed by atoms with E-state index in [2.05, 4.69) is 24.1 Å². The van der Waals surface area contributed by atoms with E-state index in [9.17, 15) is 4.79 Å². The van der Waals surface area contributed by atoms with E-state index in [1.807, 2.05) is 54.6 Å². The molecular weight excluding hydrogens is 386 g/mol. The first kappa shape index (κ1) is 18.5. The number of ether oxygens (including phenoxy) is 2. The van der Waals surface area contributed by atoms with E-state index >= 15 is 0 Å². The smallest absolute Gasteiger partial charge is 0.342 e. The molecule has 0 unspecified atom stereocenters. The van der Waals surface area contributed by atoms with Crippen molar-refractivity contribution in [3.8, 4) is 11.5 Å². The zero-order valence-corrected chi connectivity index (χ0v) is 17.6. The molecule has 3 aromatic rings. The van der Waals surface area contributed by atoms with Gasteiger partial charge in [-0.25, -0.2) is 4.79 Å². The van der Waals surface area contributed by atoms with Crippen LogP contribution in [-0.2, 0) is 10.3 Å². The minimum absolute atomic E-state index is 0.264. The van der Waals surface area contributed by atoms with Gasteiger partial charge >= 0.3 is 5.97 Å². The predicted molar refractivity (Wildman–Crippen MR) is 120 cm³/mol. The van der Waals surface area contributed by atoms with Crippen molar-refractivity contribution >= 4 is 11.7 Å². The van der Waals surface area contributed by atoms with Gasteiger partial charge in [0.2, 0.25) is 0 Å². The maximum absolute atomic E-state index is 13.5. The molecule has 0 amide bonds. The Hall–Kier alpha value is -3.27. The van der Waals surface area contributed by atoms with Gasteiger partial charge in [0.05, 0.1) is 11.3 Å². The largest absolute Gasteiger partial charge is 0.456 e. The molecule has 1 aliphatic carbocycles. The second-order valence-corrected chi connectivity index (χ2v) is 8.77. The van der Waals surface area contributed by atoms with Crippen molar-refractivity contribution in [3.63, 3.8) is 0 Å². The van der Waals surface area contributed by atoms with Crippen LogP contribution in [0.25, 0.3) is 0 Å². The molecule has 1 spiro atoms. The van der Waals surface area contributed by atoms with E-state index in [0.717, 1.165) is 33.9 Å². The molecule has 2 aliphatic heterocycles. The second-order valence-electron chi connectivity index (χ2n) is 8.77. The summed E-state index contributed by atoms with van der Waals surface area (Å²) in [6.45, 7) is 0. The Morgan fingerprint density at radius 1 is 0.806 bits per heavy atom. The molecule has 0 atom stereocenters. The first-order valence-corrected chi connectivity index (χ1v) is 11.2. The average Bonchev–Trinajstić information content (AvgIpc) is 3.12. The molecule has 4 nitrogen and oxygen atoms in total. The number of nitrogens with zero attached hydrogens (tertiary/aromatic N) is 1. The highest BCUT2D eigenvalue weighted by Gasteiger charge is 2.54. The minimum Gasteiger partial charge on any atom is -0.456 e. The number of hydrogen-bond acceptors (Lipinski definition) is 4. The van der Waals surface area contributed by atoms with Gasteiger partial charge in [-0.05, 0) is 31.0 Å². The third-order valence-electron chi connectivity index (χ3n) is 7.13.